The second kappa shape index (κ2) is 47.1. The van der Waals surface area contributed by atoms with Gasteiger partial charge in [0.15, 0.2) is 0 Å². The van der Waals surface area contributed by atoms with Gasteiger partial charge in [-0.3, -0.25) is 0 Å². The van der Waals surface area contributed by atoms with E-state index in [9.17, 15) is 0 Å². The standard InChI is InChI=1S/C85H130O10/c1-11-19-27-35-43-88-78-60-70-53-72-62-84(94-49-41-33-25-17-7)74(64-82(72)92-47-39-31-23-15-5)55-75-65-83(93-48-40-32-24-16-6)73(63-85(75)95-50-42-34-26-18-8)54-71-61-79(89-44-36-28-20-12-2)69(59-81(71)91-46-38-30-22-14-4)52-67-57-76(86-9)66(56-77(67)87-10)51-68(78)58-80(70)90-45-37-29-21-13-3/h56-65H,11-55H2,1-10H3. The molecule has 0 radical (unpaired) electrons. The lowest BCUT2D eigenvalue weighted by Gasteiger charge is -2.22. The van der Waals surface area contributed by atoms with Crippen LogP contribution in [-0.2, 0) is 32.1 Å². The van der Waals surface area contributed by atoms with Crippen LogP contribution in [0.25, 0.3) is 0 Å². The first-order valence-corrected chi connectivity index (χ1v) is 38.6. The van der Waals surface area contributed by atoms with Gasteiger partial charge in [-0.1, -0.05) is 209 Å². The summed E-state index contributed by atoms with van der Waals surface area (Å²) in [5.41, 5.74) is 10.5. The molecule has 0 aromatic heterocycles. The third-order valence-corrected chi connectivity index (χ3v) is 18.6. The van der Waals surface area contributed by atoms with Crippen LogP contribution in [0.2, 0.25) is 0 Å². The van der Waals surface area contributed by atoms with Gasteiger partial charge in [0.1, 0.15) is 57.5 Å². The highest BCUT2D eigenvalue weighted by molar-refractivity contribution is 5.60. The SMILES string of the molecule is CCCCCCOc1cc2c(OCCCCCC)cc1Cc1cc(OC)c(cc1OC)Cc1cc(OCCCCCC)c(cc1OCCCCCC)Cc1cc(OCCCCCC)c(cc1OCCCCCC)Cc1cc(OCCCCCC)c(cc1OCCCCCC)C2. The van der Waals surface area contributed by atoms with E-state index in [0.717, 1.165) is 267 Å². The Morgan fingerprint density at radius 3 is 0.432 bits per heavy atom. The second-order valence-corrected chi connectivity index (χ2v) is 26.9. The van der Waals surface area contributed by atoms with Gasteiger partial charge < -0.3 is 47.4 Å². The topological polar surface area (TPSA) is 92.3 Å². The molecule has 0 aliphatic heterocycles. The van der Waals surface area contributed by atoms with Gasteiger partial charge in [-0.2, -0.15) is 0 Å². The van der Waals surface area contributed by atoms with E-state index in [4.69, 9.17) is 47.4 Å². The van der Waals surface area contributed by atoms with Crippen molar-refractivity contribution in [1.82, 2.24) is 0 Å². The minimum Gasteiger partial charge on any atom is -0.496 e. The van der Waals surface area contributed by atoms with Crippen molar-refractivity contribution in [2.75, 3.05) is 67.1 Å². The van der Waals surface area contributed by atoms with Crippen LogP contribution in [0.4, 0.5) is 0 Å². The third kappa shape index (κ3) is 27.5. The van der Waals surface area contributed by atoms with Gasteiger partial charge in [-0.05, 0) is 112 Å². The highest BCUT2D eigenvalue weighted by Gasteiger charge is 2.25. The lowest BCUT2D eigenvalue weighted by Crippen LogP contribution is -2.10. The summed E-state index contributed by atoms with van der Waals surface area (Å²) in [6, 6.07) is 22.6. The predicted octanol–water partition coefficient (Wildman–Crippen LogP) is 23.6. The lowest BCUT2D eigenvalue weighted by atomic mass is 9.94. The van der Waals surface area contributed by atoms with Crippen LogP contribution >= 0.6 is 0 Å². The zero-order valence-electron chi connectivity index (χ0n) is 61.7. The Balaban J connectivity index is 1.71. The fourth-order valence-electron chi connectivity index (χ4n) is 12.8. The van der Waals surface area contributed by atoms with E-state index >= 15 is 0 Å². The van der Waals surface area contributed by atoms with Gasteiger partial charge in [-0.25, -0.2) is 0 Å². The average Bonchev–Trinajstić information content (AvgIpc) is 1.19. The summed E-state index contributed by atoms with van der Waals surface area (Å²) in [7, 11) is 3.57. The maximum Gasteiger partial charge on any atom is 0.123 e. The Morgan fingerprint density at radius 2 is 0.305 bits per heavy atom. The molecule has 0 heterocycles. The molecule has 10 bridgehead atoms. The molecule has 530 valence electrons. The van der Waals surface area contributed by atoms with E-state index in [1.807, 2.05) is 0 Å². The molecule has 15 rings (SSSR count). The minimum absolute atomic E-state index is 0.541. The second-order valence-electron chi connectivity index (χ2n) is 26.9. The van der Waals surface area contributed by atoms with E-state index in [2.05, 4.69) is 116 Å². The predicted molar refractivity (Wildman–Crippen MR) is 396 cm³/mol. The van der Waals surface area contributed by atoms with Crippen LogP contribution < -0.4 is 47.4 Å². The normalized spacial score (nSPS) is 12.1. The maximum absolute atomic E-state index is 7.12. The van der Waals surface area contributed by atoms with Crippen LogP contribution in [0.3, 0.4) is 0 Å². The van der Waals surface area contributed by atoms with E-state index in [-0.39, 0.29) is 0 Å². The molecule has 0 atom stereocenters. The molecule has 5 aromatic rings. The van der Waals surface area contributed by atoms with Crippen LogP contribution in [0.5, 0.6) is 57.5 Å². The number of benzene rings is 5. The number of hydrogen-bond acceptors (Lipinski definition) is 10. The zero-order valence-corrected chi connectivity index (χ0v) is 61.7. The molecule has 95 heavy (non-hydrogen) atoms. The molecule has 10 heteroatoms. The molecule has 10 nitrogen and oxygen atoms in total. The van der Waals surface area contributed by atoms with Crippen LogP contribution in [-0.4, -0.2) is 67.1 Å². The van der Waals surface area contributed by atoms with Gasteiger partial charge in [-0.15, -0.1) is 0 Å². The van der Waals surface area contributed by atoms with Crippen molar-refractivity contribution in [3.63, 3.8) is 0 Å². The molecule has 5 aromatic carbocycles. The Morgan fingerprint density at radius 1 is 0.179 bits per heavy atom. The van der Waals surface area contributed by atoms with Gasteiger partial charge in [0, 0.05) is 87.7 Å². The lowest BCUT2D eigenvalue weighted by molar-refractivity contribution is 0.288. The Bertz CT molecular complexity index is 2700. The smallest absolute Gasteiger partial charge is 0.123 e. The minimum atomic E-state index is 0.541. The molecule has 0 unspecified atom stereocenters. The van der Waals surface area contributed by atoms with Crippen molar-refractivity contribution in [2.45, 2.75) is 293 Å². The number of hydrogen-bond donors (Lipinski definition) is 0. The van der Waals surface area contributed by atoms with Crippen molar-refractivity contribution in [3.05, 3.63) is 116 Å². The van der Waals surface area contributed by atoms with Gasteiger partial charge in [0.05, 0.1) is 67.1 Å². The summed E-state index contributed by atoms with van der Waals surface area (Å²) in [6.45, 7) is 23.1. The fourth-order valence-corrected chi connectivity index (χ4v) is 12.8. The van der Waals surface area contributed by atoms with Gasteiger partial charge >= 0.3 is 0 Å². The molecule has 0 N–H and O–H groups in total. The molecular weight excluding hydrogens is 1180 g/mol. The molecule has 10 aliphatic carbocycles. The summed E-state index contributed by atoms with van der Waals surface area (Å²) in [4.78, 5) is 0. The number of unbranched alkanes of at least 4 members (excludes halogenated alkanes) is 24. The van der Waals surface area contributed by atoms with Gasteiger partial charge in [0.2, 0.25) is 0 Å². The molecule has 0 spiro atoms. The largest absolute Gasteiger partial charge is 0.496 e. The van der Waals surface area contributed by atoms with Gasteiger partial charge in [0.25, 0.3) is 0 Å². The van der Waals surface area contributed by atoms with Crippen molar-refractivity contribution >= 4 is 0 Å². The summed E-state index contributed by atoms with van der Waals surface area (Å²) in [5.74, 6) is 8.50. The van der Waals surface area contributed by atoms with Crippen LogP contribution in [0, 0.1) is 0 Å². The van der Waals surface area contributed by atoms with Crippen molar-refractivity contribution in [1.29, 1.82) is 0 Å². The molecule has 0 saturated carbocycles. The van der Waals surface area contributed by atoms with Crippen LogP contribution in [0.15, 0.2) is 60.7 Å². The van der Waals surface area contributed by atoms with Crippen molar-refractivity contribution in [3.8, 4) is 57.5 Å². The highest BCUT2D eigenvalue weighted by atomic mass is 16.5. The number of rotatable bonds is 50. The van der Waals surface area contributed by atoms with Crippen molar-refractivity contribution < 1.29 is 47.4 Å². The average molecular weight is 1310 g/mol. The Labute approximate surface area is 578 Å². The molecule has 0 amide bonds. The summed E-state index contributed by atoms with van der Waals surface area (Å²) >= 11 is 0. The fraction of sp³-hybridized carbons (Fsp3) is 0.647. The van der Waals surface area contributed by atoms with E-state index in [1.54, 1.807) is 14.2 Å². The monoisotopic (exact) mass is 1310 g/mol. The molecule has 0 fully saturated rings. The van der Waals surface area contributed by atoms with Crippen molar-refractivity contribution in [2.24, 2.45) is 0 Å². The number of methoxy groups -OCH3 is 2. The first-order valence-electron chi connectivity index (χ1n) is 38.6. The van der Waals surface area contributed by atoms with E-state index in [0.29, 0.717) is 85.0 Å². The van der Waals surface area contributed by atoms with E-state index in [1.165, 1.54) is 51.4 Å². The molecule has 0 saturated heterocycles. The quantitative estimate of drug-likeness (QED) is 0.0344. The first-order chi connectivity index (χ1) is 46.7. The van der Waals surface area contributed by atoms with Crippen LogP contribution in [0.1, 0.15) is 316 Å². The zero-order chi connectivity index (χ0) is 67.5. The molecule has 10 aliphatic rings. The Kier molecular flexibility index (Phi) is 38.7. The molecular formula is C85H130O10. The summed E-state index contributed by atoms with van der Waals surface area (Å²) < 4.78 is 69.5. The third-order valence-electron chi connectivity index (χ3n) is 18.6. The van der Waals surface area contributed by atoms with E-state index < -0.39 is 0 Å². The number of ether oxygens (including phenoxy) is 10. The maximum atomic E-state index is 7.12. The highest BCUT2D eigenvalue weighted by Crippen LogP contribution is 2.44. The first kappa shape index (κ1) is 78.1. The Hall–Kier alpha value is -5.90. The summed E-state index contributed by atoms with van der Waals surface area (Å²) in [5, 5.41) is 0. The summed E-state index contributed by atoms with van der Waals surface area (Å²) in [6.07, 6.45) is 38.1.